The molecule has 3 saturated carbocycles. The average Bonchev–Trinajstić information content (AvgIpc) is 3.09. The second kappa shape index (κ2) is 7.32. The molecule has 1 N–H and O–H groups in total. The van der Waals surface area contributed by atoms with Gasteiger partial charge in [-0.1, -0.05) is 31.6 Å². The van der Waals surface area contributed by atoms with Gasteiger partial charge in [0.15, 0.2) is 5.78 Å². The number of carbonyl (C=O) groups excluding carboxylic acids is 2. The third kappa shape index (κ3) is 3.14. The molecule has 0 aliphatic heterocycles. The third-order valence-electron chi connectivity index (χ3n) is 10.1. The SMILES string of the molecule is Cc1cccc(NC(=O)[C@H]2CC[C@H]3[C@@H]4CCC5=CC(=O)CC[C@]5(C)[C@H]4CC[C@]23C)c1C. The van der Waals surface area contributed by atoms with Crippen LogP contribution in [0.3, 0.4) is 0 Å². The van der Waals surface area contributed by atoms with Gasteiger partial charge in [-0.05, 0) is 111 Å². The maximum absolute atomic E-state index is 13.5. The fourth-order valence-corrected chi connectivity index (χ4v) is 8.10. The van der Waals surface area contributed by atoms with E-state index < -0.39 is 0 Å². The van der Waals surface area contributed by atoms with Crippen LogP contribution in [0.1, 0.15) is 76.3 Å². The van der Waals surface area contributed by atoms with E-state index in [2.05, 4.69) is 39.1 Å². The Kier molecular flexibility index (Phi) is 4.95. The van der Waals surface area contributed by atoms with Crippen molar-refractivity contribution in [2.45, 2.75) is 79.1 Å². The maximum Gasteiger partial charge on any atom is 0.228 e. The molecule has 3 nitrogen and oxygen atoms in total. The monoisotopic (exact) mass is 419 g/mol. The van der Waals surface area contributed by atoms with Gasteiger partial charge in [-0.3, -0.25) is 9.59 Å². The van der Waals surface area contributed by atoms with Gasteiger partial charge in [0.2, 0.25) is 5.91 Å². The first-order valence-electron chi connectivity index (χ1n) is 12.3. The van der Waals surface area contributed by atoms with Crippen LogP contribution in [0.4, 0.5) is 5.69 Å². The fraction of sp³-hybridized carbons (Fsp3) is 0.643. The summed E-state index contributed by atoms with van der Waals surface area (Å²) in [5, 5.41) is 3.30. The van der Waals surface area contributed by atoms with E-state index in [0.717, 1.165) is 31.4 Å². The van der Waals surface area contributed by atoms with Crippen molar-refractivity contribution >= 4 is 17.4 Å². The van der Waals surface area contributed by atoms with Crippen molar-refractivity contribution in [1.29, 1.82) is 0 Å². The quantitative estimate of drug-likeness (QED) is 0.604. The topological polar surface area (TPSA) is 46.2 Å². The number of rotatable bonds is 2. The lowest BCUT2D eigenvalue weighted by molar-refractivity contribution is -0.127. The lowest BCUT2D eigenvalue weighted by atomic mass is 9.47. The number of anilines is 1. The predicted octanol–water partition coefficient (Wildman–Crippen LogP) is 6.39. The number of fused-ring (bicyclic) bond motifs is 5. The van der Waals surface area contributed by atoms with Gasteiger partial charge in [0.05, 0.1) is 0 Å². The molecule has 1 amide bonds. The zero-order valence-corrected chi connectivity index (χ0v) is 19.6. The number of amides is 1. The smallest absolute Gasteiger partial charge is 0.228 e. The summed E-state index contributed by atoms with van der Waals surface area (Å²) in [7, 11) is 0. The molecule has 0 heterocycles. The molecule has 31 heavy (non-hydrogen) atoms. The molecule has 3 fully saturated rings. The molecule has 0 aromatic heterocycles. The van der Waals surface area contributed by atoms with Gasteiger partial charge in [0.25, 0.3) is 0 Å². The predicted molar refractivity (Wildman–Crippen MR) is 125 cm³/mol. The van der Waals surface area contributed by atoms with E-state index >= 15 is 0 Å². The highest BCUT2D eigenvalue weighted by Crippen LogP contribution is 2.66. The molecule has 4 aliphatic rings. The molecule has 3 heteroatoms. The van der Waals surface area contributed by atoms with Crippen LogP contribution in [0.15, 0.2) is 29.8 Å². The molecule has 0 spiro atoms. The third-order valence-corrected chi connectivity index (χ3v) is 10.1. The van der Waals surface area contributed by atoms with Gasteiger partial charge < -0.3 is 5.32 Å². The van der Waals surface area contributed by atoms with Crippen LogP contribution >= 0.6 is 0 Å². The minimum atomic E-state index is 0.102. The number of carbonyl (C=O) groups is 2. The number of allylic oxidation sites excluding steroid dienone is 1. The van der Waals surface area contributed by atoms with Crippen LogP contribution in [0.5, 0.6) is 0 Å². The Morgan fingerprint density at radius 3 is 2.61 bits per heavy atom. The van der Waals surface area contributed by atoms with Crippen LogP contribution in [0.25, 0.3) is 0 Å². The first-order valence-corrected chi connectivity index (χ1v) is 12.3. The van der Waals surface area contributed by atoms with Gasteiger partial charge in [-0.15, -0.1) is 0 Å². The molecule has 1 aromatic carbocycles. The first-order chi connectivity index (χ1) is 14.7. The summed E-state index contributed by atoms with van der Waals surface area (Å²) >= 11 is 0. The summed E-state index contributed by atoms with van der Waals surface area (Å²) in [5.41, 5.74) is 5.10. The van der Waals surface area contributed by atoms with Crippen LogP contribution in [0, 0.1) is 48.3 Å². The van der Waals surface area contributed by atoms with E-state index in [-0.39, 0.29) is 22.7 Å². The van der Waals surface area contributed by atoms with Gasteiger partial charge in [0, 0.05) is 18.0 Å². The first kappa shape index (κ1) is 21.0. The molecular formula is C28H37NO2. The summed E-state index contributed by atoms with van der Waals surface area (Å²) in [5.74, 6) is 2.68. The lowest BCUT2D eigenvalue weighted by Gasteiger charge is -2.58. The molecular weight excluding hydrogens is 382 g/mol. The van der Waals surface area contributed by atoms with Crippen LogP contribution in [-0.4, -0.2) is 11.7 Å². The number of hydrogen-bond acceptors (Lipinski definition) is 2. The Labute approximate surface area is 187 Å². The minimum absolute atomic E-state index is 0.102. The van der Waals surface area contributed by atoms with Gasteiger partial charge in [-0.2, -0.15) is 0 Å². The van der Waals surface area contributed by atoms with Gasteiger partial charge >= 0.3 is 0 Å². The zero-order chi connectivity index (χ0) is 22.0. The lowest BCUT2D eigenvalue weighted by Crippen LogP contribution is -2.51. The largest absolute Gasteiger partial charge is 0.326 e. The highest BCUT2D eigenvalue weighted by molar-refractivity contribution is 5.94. The van der Waals surface area contributed by atoms with E-state index in [4.69, 9.17) is 0 Å². The number of hydrogen-bond donors (Lipinski definition) is 1. The standard InChI is InChI=1S/C28H37NO2/c1-17-6-5-7-25(18(17)2)29-26(31)24-11-10-22-21-9-8-19-16-20(30)12-14-27(19,3)23(21)13-15-28(22,24)4/h5-7,16,21-24H,8-15H2,1-4H3,(H,29,31)/t21-,22-,23-,24+,27-,28-/m0/s1. The molecule has 6 atom stereocenters. The van der Waals surface area contributed by atoms with Gasteiger partial charge in [0.1, 0.15) is 0 Å². The van der Waals surface area contributed by atoms with Crippen molar-refractivity contribution in [1.82, 2.24) is 0 Å². The number of aryl methyl sites for hydroxylation is 1. The molecule has 0 radical (unpaired) electrons. The maximum atomic E-state index is 13.5. The molecule has 4 aliphatic carbocycles. The average molecular weight is 420 g/mol. The Morgan fingerprint density at radius 2 is 1.81 bits per heavy atom. The summed E-state index contributed by atoms with van der Waals surface area (Å²) in [6, 6.07) is 6.17. The van der Waals surface area contributed by atoms with Crippen molar-refractivity contribution in [3.8, 4) is 0 Å². The Bertz CT molecular complexity index is 962. The molecule has 0 unspecified atom stereocenters. The van der Waals surface area contributed by atoms with E-state index in [1.54, 1.807) is 0 Å². The number of ketones is 1. The Balaban J connectivity index is 1.38. The summed E-state index contributed by atoms with van der Waals surface area (Å²) in [6.45, 7) is 9.04. The highest BCUT2D eigenvalue weighted by Gasteiger charge is 2.60. The van der Waals surface area contributed by atoms with Crippen LogP contribution < -0.4 is 5.32 Å². The second-order valence-electron chi connectivity index (χ2n) is 11.4. The number of nitrogens with one attached hydrogen (secondary N) is 1. The summed E-state index contributed by atoms with van der Waals surface area (Å²) in [4.78, 5) is 25.5. The van der Waals surface area contributed by atoms with E-state index in [9.17, 15) is 9.59 Å². The second-order valence-corrected chi connectivity index (χ2v) is 11.4. The minimum Gasteiger partial charge on any atom is -0.326 e. The Hall–Kier alpha value is -1.90. The summed E-state index contributed by atoms with van der Waals surface area (Å²) in [6.07, 6.45) is 10.5. The van der Waals surface area contributed by atoms with Crippen molar-refractivity contribution in [3.05, 3.63) is 41.0 Å². The van der Waals surface area contributed by atoms with Gasteiger partial charge in [-0.25, -0.2) is 0 Å². The van der Waals surface area contributed by atoms with E-state index in [0.29, 0.717) is 30.0 Å². The molecule has 0 saturated heterocycles. The fourth-order valence-electron chi connectivity index (χ4n) is 8.10. The normalized spacial score (nSPS) is 39.2. The highest BCUT2D eigenvalue weighted by atomic mass is 16.2. The van der Waals surface area contributed by atoms with Crippen molar-refractivity contribution in [2.75, 3.05) is 5.32 Å². The summed E-state index contributed by atoms with van der Waals surface area (Å²) < 4.78 is 0. The van der Waals surface area contributed by atoms with E-state index in [1.165, 1.54) is 36.0 Å². The van der Waals surface area contributed by atoms with Crippen molar-refractivity contribution in [2.24, 2.45) is 34.5 Å². The molecule has 5 rings (SSSR count). The molecule has 166 valence electrons. The van der Waals surface area contributed by atoms with Crippen molar-refractivity contribution < 1.29 is 9.59 Å². The van der Waals surface area contributed by atoms with Crippen LogP contribution in [0.2, 0.25) is 0 Å². The molecule has 0 bridgehead atoms. The molecule has 1 aromatic rings. The number of benzene rings is 1. The van der Waals surface area contributed by atoms with E-state index in [1.807, 2.05) is 18.2 Å². The zero-order valence-electron chi connectivity index (χ0n) is 19.6. The van der Waals surface area contributed by atoms with Crippen LogP contribution in [-0.2, 0) is 9.59 Å². The van der Waals surface area contributed by atoms with Crippen molar-refractivity contribution in [3.63, 3.8) is 0 Å². The Morgan fingerprint density at radius 1 is 1.00 bits per heavy atom.